The maximum absolute atomic E-state index is 12.9. The number of aromatic nitrogens is 2. The highest BCUT2D eigenvalue weighted by Gasteiger charge is 2.35. The van der Waals surface area contributed by atoms with Crippen LogP contribution < -0.4 is 10.2 Å². The molecule has 1 aliphatic heterocycles. The van der Waals surface area contributed by atoms with E-state index in [1.54, 1.807) is 11.8 Å². The molecule has 4 rings (SSSR count). The van der Waals surface area contributed by atoms with Crippen LogP contribution in [-0.4, -0.2) is 28.5 Å². The first kappa shape index (κ1) is 19.3. The van der Waals surface area contributed by atoms with Crippen LogP contribution in [0.2, 0.25) is 0 Å². The van der Waals surface area contributed by atoms with E-state index in [4.69, 9.17) is 4.52 Å². The van der Waals surface area contributed by atoms with Gasteiger partial charge in [-0.1, -0.05) is 45.4 Å². The first-order valence-corrected chi connectivity index (χ1v) is 10.0. The van der Waals surface area contributed by atoms with Crippen molar-refractivity contribution in [1.82, 2.24) is 10.1 Å². The average Bonchev–Trinajstić information content (AvgIpc) is 3.29. The van der Waals surface area contributed by atoms with Crippen molar-refractivity contribution in [3.05, 3.63) is 70.3 Å². The molecule has 1 unspecified atom stereocenters. The predicted octanol–water partition coefficient (Wildman–Crippen LogP) is 3.72. The molecule has 0 spiro atoms. The van der Waals surface area contributed by atoms with Crippen LogP contribution in [0.1, 0.15) is 23.7 Å². The van der Waals surface area contributed by atoms with Crippen LogP contribution in [0.15, 0.2) is 57.5 Å². The number of nitrogens with zero attached hydrogens (tertiary/aromatic N) is 3. The first-order valence-electron chi connectivity index (χ1n) is 9.23. The topological polar surface area (TPSA) is 88.3 Å². The van der Waals surface area contributed by atoms with Crippen molar-refractivity contribution in [3.8, 4) is 0 Å². The Kier molecular flexibility index (Phi) is 5.44. The van der Waals surface area contributed by atoms with Crippen molar-refractivity contribution < 1.29 is 14.1 Å². The number of rotatable bonds is 5. The van der Waals surface area contributed by atoms with Crippen LogP contribution in [0.3, 0.4) is 0 Å². The molecule has 2 amide bonds. The lowest BCUT2D eigenvalue weighted by atomic mass is 10.1. The summed E-state index contributed by atoms with van der Waals surface area (Å²) in [5.74, 6) is 0.405. The number of halogens is 1. The maximum atomic E-state index is 12.9. The molecule has 1 fully saturated rings. The number of amides is 2. The Morgan fingerprint density at radius 3 is 2.86 bits per heavy atom. The maximum Gasteiger partial charge on any atom is 0.231 e. The largest absolute Gasteiger partial charge is 0.339 e. The van der Waals surface area contributed by atoms with Gasteiger partial charge >= 0.3 is 0 Å². The molecule has 1 aliphatic rings. The van der Waals surface area contributed by atoms with E-state index in [9.17, 15) is 9.59 Å². The lowest BCUT2D eigenvalue weighted by molar-refractivity contribution is -0.122. The number of hydrogen-bond acceptors (Lipinski definition) is 5. The molecule has 1 atom stereocenters. The molecule has 1 saturated heterocycles. The van der Waals surface area contributed by atoms with E-state index in [1.807, 2.05) is 48.5 Å². The lowest BCUT2D eigenvalue weighted by Gasteiger charge is -2.17. The summed E-state index contributed by atoms with van der Waals surface area (Å²) in [6, 6.07) is 15.0. The number of carbonyl (C=O) groups is 2. The van der Waals surface area contributed by atoms with Gasteiger partial charge in [-0.05, 0) is 36.8 Å². The fourth-order valence-electron chi connectivity index (χ4n) is 3.38. The molecule has 7 nitrogen and oxygen atoms in total. The van der Waals surface area contributed by atoms with E-state index >= 15 is 0 Å². The molecule has 148 valence electrons. The van der Waals surface area contributed by atoms with Crippen molar-refractivity contribution in [2.75, 3.05) is 16.8 Å². The fraction of sp³-hybridized carbons (Fsp3) is 0.238. The third-order valence-corrected chi connectivity index (χ3v) is 5.30. The van der Waals surface area contributed by atoms with Gasteiger partial charge in [0.2, 0.25) is 17.7 Å². The van der Waals surface area contributed by atoms with Crippen molar-refractivity contribution in [2.45, 2.75) is 19.8 Å². The van der Waals surface area contributed by atoms with Crippen molar-refractivity contribution >= 4 is 39.1 Å². The highest BCUT2D eigenvalue weighted by Crippen LogP contribution is 2.28. The second-order valence-corrected chi connectivity index (χ2v) is 7.86. The van der Waals surface area contributed by atoms with Gasteiger partial charge in [0.1, 0.15) is 0 Å². The third kappa shape index (κ3) is 4.37. The number of benzene rings is 2. The van der Waals surface area contributed by atoms with Gasteiger partial charge in [-0.15, -0.1) is 0 Å². The zero-order valence-corrected chi connectivity index (χ0v) is 17.3. The Labute approximate surface area is 176 Å². The molecule has 1 aromatic heterocycles. The fourth-order valence-corrected chi connectivity index (χ4v) is 3.77. The Balaban J connectivity index is 1.47. The van der Waals surface area contributed by atoms with Gasteiger partial charge in [-0.25, -0.2) is 0 Å². The van der Waals surface area contributed by atoms with Gasteiger partial charge in [0.05, 0.1) is 12.3 Å². The monoisotopic (exact) mass is 454 g/mol. The summed E-state index contributed by atoms with van der Waals surface area (Å²) >= 11 is 3.42. The Hall–Kier alpha value is -3.00. The lowest BCUT2D eigenvalue weighted by Crippen LogP contribution is -2.28. The highest BCUT2D eigenvalue weighted by atomic mass is 79.9. The summed E-state index contributed by atoms with van der Waals surface area (Å²) in [6.45, 7) is 2.11. The molecule has 0 saturated carbocycles. The van der Waals surface area contributed by atoms with Crippen molar-refractivity contribution in [2.24, 2.45) is 5.92 Å². The zero-order chi connectivity index (χ0) is 20.4. The minimum Gasteiger partial charge on any atom is -0.339 e. The second kappa shape index (κ2) is 8.16. The number of para-hydroxylation sites is 1. The average molecular weight is 455 g/mol. The molecule has 2 aromatic carbocycles. The summed E-state index contributed by atoms with van der Waals surface area (Å²) in [7, 11) is 0. The van der Waals surface area contributed by atoms with Crippen LogP contribution in [0.5, 0.6) is 0 Å². The van der Waals surface area contributed by atoms with Crippen LogP contribution >= 0.6 is 15.9 Å². The molecule has 3 aromatic rings. The number of anilines is 2. The standard InChI is InChI=1S/C21H19BrN4O3/c1-13-23-19(29-25-13)9-14-5-2-3-8-18(14)24-21(28)15-10-20(27)26(12-15)17-7-4-6-16(22)11-17/h2-8,11,15H,9-10,12H2,1H3,(H,24,28). The quantitative estimate of drug-likeness (QED) is 0.634. The molecule has 0 bridgehead atoms. The predicted molar refractivity (Wildman–Crippen MR) is 112 cm³/mol. The van der Waals surface area contributed by atoms with Gasteiger partial charge in [-0.3, -0.25) is 9.59 Å². The molecular weight excluding hydrogens is 436 g/mol. The normalized spacial score (nSPS) is 16.3. The van der Waals surface area contributed by atoms with Crippen LogP contribution in [-0.2, 0) is 16.0 Å². The molecule has 1 N–H and O–H groups in total. The smallest absolute Gasteiger partial charge is 0.231 e. The summed E-state index contributed by atoms with van der Waals surface area (Å²) in [5.41, 5.74) is 2.34. The molecule has 8 heteroatoms. The number of hydrogen-bond donors (Lipinski definition) is 1. The molecule has 29 heavy (non-hydrogen) atoms. The molecule has 2 heterocycles. The van der Waals surface area contributed by atoms with E-state index in [0.717, 1.165) is 15.7 Å². The summed E-state index contributed by atoms with van der Waals surface area (Å²) in [5, 5.41) is 6.76. The van der Waals surface area contributed by atoms with E-state index in [1.165, 1.54) is 0 Å². The number of carbonyl (C=O) groups excluding carboxylic acids is 2. The number of nitrogens with one attached hydrogen (secondary N) is 1. The summed E-state index contributed by atoms with van der Waals surface area (Å²) < 4.78 is 6.08. The second-order valence-electron chi connectivity index (χ2n) is 6.94. The van der Waals surface area contributed by atoms with E-state index in [0.29, 0.717) is 30.4 Å². The minimum atomic E-state index is -0.416. The van der Waals surface area contributed by atoms with Crippen LogP contribution in [0.4, 0.5) is 11.4 Å². The molecular formula is C21H19BrN4O3. The molecule has 0 radical (unpaired) electrons. The number of aryl methyl sites for hydroxylation is 1. The highest BCUT2D eigenvalue weighted by molar-refractivity contribution is 9.10. The van der Waals surface area contributed by atoms with Gasteiger partial charge in [0.25, 0.3) is 0 Å². The summed E-state index contributed by atoms with van der Waals surface area (Å²) in [6.07, 6.45) is 0.606. The van der Waals surface area contributed by atoms with E-state index in [2.05, 4.69) is 31.4 Å². The van der Waals surface area contributed by atoms with E-state index in [-0.39, 0.29) is 18.2 Å². The van der Waals surface area contributed by atoms with Gasteiger partial charge in [0, 0.05) is 28.8 Å². The minimum absolute atomic E-state index is 0.0575. The Morgan fingerprint density at radius 2 is 2.10 bits per heavy atom. The Morgan fingerprint density at radius 1 is 1.28 bits per heavy atom. The van der Waals surface area contributed by atoms with E-state index < -0.39 is 5.92 Å². The summed E-state index contributed by atoms with van der Waals surface area (Å²) in [4.78, 5) is 31.2. The van der Waals surface area contributed by atoms with Gasteiger partial charge in [0.15, 0.2) is 5.82 Å². The van der Waals surface area contributed by atoms with Gasteiger partial charge in [-0.2, -0.15) is 4.98 Å². The van der Waals surface area contributed by atoms with Crippen molar-refractivity contribution in [1.29, 1.82) is 0 Å². The van der Waals surface area contributed by atoms with Crippen LogP contribution in [0, 0.1) is 12.8 Å². The first-order chi connectivity index (χ1) is 14.0. The zero-order valence-electron chi connectivity index (χ0n) is 15.8. The van der Waals surface area contributed by atoms with Crippen molar-refractivity contribution in [3.63, 3.8) is 0 Å². The SMILES string of the molecule is Cc1noc(Cc2ccccc2NC(=O)C2CC(=O)N(c3cccc(Br)c3)C2)n1. The molecule has 0 aliphatic carbocycles. The third-order valence-electron chi connectivity index (χ3n) is 4.80. The van der Waals surface area contributed by atoms with Crippen LogP contribution in [0.25, 0.3) is 0 Å². The van der Waals surface area contributed by atoms with Gasteiger partial charge < -0.3 is 14.7 Å². The Bertz CT molecular complexity index is 1070.